The summed E-state index contributed by atoms with van der Waals surface area (Å²) in [5, 5.41) is 4.54. The van der Waals surface area contributed by atoms with E-state index < -0.39 is 0 Å². The van der Waals surface area contributed by atoms with Gasteiger partial charge in [-0.05, 0) is 15.9 Å². The lowest BCUT2D eigenvalue weighted by molar-refractivity contribution is 0.184. The first-order valence-corrected chi connectivity index (χ1v) is 5.06. The molecule has 4 nitrogen and oxygen atoms in total. The third-order valence-corrected chi connectivity index (χ3v) is 2.66. The summed E-state index contributed by atoms with van der Waals surface area (Å²) < 4.78 is 7.47. The van der Waals surface area contributed by atoms with Crippen molar-refractivity contribution in [3.05, 3.63) is 27.6 Å². The van der Waals surface area contributed by atoms with Gasteiger partial charge in [-0.25, -0.2) is 9.50 Å². The summed E-state index contributed by atoms with van der Waals surface area (Å²) >= 11 is 9.29. The molecule has 0 aliphatic heterocycles. The fourth-order valence-electron chi connectivity index (χ4n) is 1.15. The molecule has 0 N–H and O–H groups in total. The van der Waals surface area contributed by atoms with E-state index in [0.717, 1.165) is 10.0 Å². The second-order valence-electron chi connectivity index (χ2n) is 2.75. The van der Waals surface area contributed by atoms with Crippen LogP contribution in [0.5, 0.6) is 0 Å². The van der Waals surface area contributed by atoms with Crippen molar-refractivity contribution in [3.63, 3.8) is 0 Å². The van der Waals surface area contributed by atoms with E-state index in [0.29, 0.717) is 17.4 Å². The molecule has 0 aromatic carbocycles. The highest BCUT2D eigenvalue weighted by atomic mass is 79.9. The zero-order valence-electron chi connectivity index (χ0n) is 7.37. The maximum Gasteiger partial charge on any atom is 0.170 e. The van der Waals surface area contributed by atoms with E-state index in [2.05, 4.69) is 26.0 Å². The summed E-state index contributed by atoms with van der Waals surface area (Å²) in [6.07, 6.45) is 3.48. The van der Waals surface area contributed by atoms with E-state index in [9.17, 15) is 0 Å². The normalized spacial score (nSPS) is 11.1. The number of hydrogen-bond donors (Lipinski definition) is 0. The van der Waals surface area contributed by atoms with E-state index in [1.165, 1.54) is 0 Å². The molecule has 0 radical (unpaired) electrons. The summed E-state index contributed by atoms with van der Waals surface area (Å²) in [7, 11) is 1.61. The van der Waals surface area contributed by atoms with Gasteiger partial charge in [-0.2, -0.15) is 5.10 Å². The zero-order valence-corrected chi connectivity index (χ0v) is 9.71. The van der Waals surface area contributed by atoms with E-state index in [4.69, 9.17) is 16.3 Å². The molecule has 0 bridgehead atoms. The van der Waals surface area contributed by atoms with Gasteiger partial charge < -0.3 is 4.74 Å². The van der Waals surface area contributed by atoms with Crippen molar-refractivity contribution in [2.75, 3.05) is 7.11 Å². The van der Waals surface area contributed by atoms with Crippen LogP contribution >= 0.6 is 27.5 Å². The Balaban J connectivity index is 2.60. The summed E-state index contributed by atoms with van der Waals surface area (Å²) in [4.78, 5) is 4.19. The summed E-state index contributed by atoms with van der Waals surface area (Å²) in [6, 6.07) is 0. The van der Waals surface area contributed by atoms with Crippen LogP contribution in [0.3, 0.4) is 0 Å². The molecule has 6 heteroatoms. The van der Waals surface area contributed by atoms with Crippen molar-refractivity contribution >= 4 is 33.2 Å². The third kappa shape index (κ3) is 1.63. The maximum atomic E-state index is 5.96. The predicted molar refractivity (Wildman–Crippen MR) is 56.4 cm³/mol. The van der Waals surface area contributed by atoms with Crippen LogP contribution in [0, 0.1) is 0 Å². The summed E-state index contributed by atoms with van der Waals surface area (Å²) in [5.74, 6) is 0. The highest BCUT2D eigenvalue weighted by Crippen LogP contribution is 2.20. The number of halogens is 2. The first-order chi connectivity index (χ1) is 6.72. The number of ether oxygens (including phenoxy) is 1. The fraction of sp³-hybridized carbons (Fsp3) is 0.250. The lowest BCUT2D eigenvalue weighted by Gasteiger charge is -2.02. The maximum absolute atomic E-state index is 5.96. The standard InChI is InChI=1S/C8H7BrClN3O/c1-14-4-5-3-13-8(12-7(5)10)6(9)2-11-13/h2-3H,4H2,1H3. The van der Waals surface area contributed by atoms with Crippen LogP contribution in [0.4, 0.5) is 0 Å². The molecule has 0 atom stereocenters. The SMILES string of the molecule is COCc1cn2ncc(Br)c2nc1Cl. The molecule has 0 spiro atoms. The van der Waals surface area contributed by atoms with Crippen molar-refractivity contribution in [3.8, 4) is 0 Å². The molecular weight excluding hydrogens is 269 g/mol. The molecule has 0 unspecified atom stereocenters. The number of rotatable bonds is 2. The van der Waals surface area contributed by atoms with Gasteiger partial charge in [-0.1, -0.05) is 11.6 Å². The van der Waals surface area contributed by atoms with Crippen LogP contribution < -0.4 is 0 Å². The molecule has 2 aromatic heterocycles. The molecule has 14 heavy (non-hydrogen) atoms. The van der Waals surface area contributed by atoms with Crippen LogP contribution in [0.2, 0.25) is 5.15 Å². The van der Waals surface area contributed by atoms with Gasteiger partial charge in [0.25, 0.3) is 0 Å². The second kappa shape index (κ2) is 3.84. The molecular formula is C8H7BrClN3O. The Morgan fingerprint density at radius 2 is 2.43 bits per heavy atom. The number of hydrogen-bond acceptors (Lipinski definition) is 3. The van der Waals surface area contributed by atoms with Crippen molar-refractivity contribution in [2.24, 2.45) is 0 Å². The van der Waals surface area contributed by atoms with Crippen LogP contribution in [0.15, 0.2) is 16.9 Å². The van der Waals surface area contributed by atoms with Gasteiger partial charge in [0.2, 0.25) is 0 Å². The Morgan fingerprint density at radius 1 is 1.64 bits per heavy atom. The number of methoxy groups -OCH3 is 1. The van der Waals surface area contributed by atoms with E-state index in [-0.39, 0.29) is 0 Å². The van der Waals surface area contributed by atoms with Gasteiger partial charge in [0.1, 0.15) is 5.15 Å². The minimum atomic E-state index is 0.430. The zero-order chi connectivity index (χ0) is 10.1. The van der Waals surface area contributed by atoms with Crippen LogP contribution in [0.1, 0.15) is 5.56 Å². The van der Waals surface area contributed by atoms with Crippen LogP contribution in [-0.4, -0.2) is 21.7 Å². The van der Waals surface area contributed by atoms with E-state index >= 15 is 0 Å². The first kappa shape index (κ1) is 9.89. The van der Waals surface area contributed by atoms with Crippen molar-refractivity contribution in [1.29, 1.82) is 0 Å². The fourth-order valence-corrected chi connectivity index (χ4v) is 1.70. The Kier molecular flexibility index (Phi) is 2.71. The molecule has 0 fully saturated rings. The smallest absolute Gasteiger partial charge is 0.170 e. The Hall–Kier alpha value is -0.650. The molecule has 0 aliphatic rings. The molecule has 2 aromatic rings. The van der Waals surface area contributed by atoms with Gasteiger partial charge in [-0.3, -0.25) is 0 Å². The van der Waals surface area contributed by atoms with Crippen molar-refractivity contribution < 1.29 is 4.74 Å². The average molecular weight is 277 g/mol. The Labute approximate surface area is 94.0 Å². The van der Waals surface area contributed by atoms with Crippen molar-refractivity contribution in [2.45, 2.75) is 6.61 Å². The predicted octanol–water partition coefficient (Wildman–Crippen LogP) is 2.29. The Morgan fingerprint density at radius 3 is 3.14 bits per heavy atom. The van der Waals surface area contributed by atoms with Gasteiger partial charge in [0, 0.05) is 18.9 Å². The molecule has 0 saturated heterocycles. The summed E-state index contributed by atoms with van der Waals surface area (Å²) in [5.41, 5.74) is 1.52. The molecule has 74 valence electrons. The molecule has 0 amide bonds. The highest BCUT2D eigenvalue weighted by Gasteiger charge is 2.08. The molecule has 2 heterocycles. The highest BCUT2D eigenvalue weighted by molar-refractivity contribution is 9.10. The lowest BCUT2D eigenvalue weighted by Crippen LogP contribution is -1.97. The number of aromatic nitrogens is 3. The van der Waals surface area contributed by atoms with Crippen molar-refractivity contribution in [1.82, 2.24) is 14.6 Å². The third-order valence-electron chi connectivity index (χ3n) is 1.77. The summed E-state index contributed by atoms with van der Waals surface area (Å²) in [6.45, 7) is 0.430. The topological polar surface area (TPSA) is 39.4 Å². The molecule has 0 aliphatic carbocycles. The minimum absolute atomic E-state index is 0.430. The van der Waals surface area contributed by atoms with Gasteiger partial charge >= 0.3 is 0 Å². The largest absolute Gasteiger partial charge is 0.380 e. The quantitative estimate of drug-likeness (QED) is 0.790. The number of fused-ring (bicyclic) bond motifs is 1. The monoisotopic (exact) mass is 275 g/mol. The van der Waals surface area contributed by atoms with Gasteiger partial charge in [0.05, 0.1) is 17.3 Å². The number of nitrogens with zero attached hydrogens (tertiary/aromatic N) is 3. The lowest BCUT2D eigenvalue weighted by atomic mass is 10.4. The minimum Gasteiger partial charge on any atom is -0.380 e. The van der Waals surface area contributed by atoms with E-state index in [1.807, 2.05) is 0 Å². The Bertz CT molecular complexity index is 471. The molecule has 0 saturated carbocycles. The molecule has 2 rings (SSSR count). The van der Waals surface area contributed by atoms with Gasteiger partial charge in [0.15, 0.2) is 5.65 Å². The van der Waals surface area contributed by atoms with Crippen LogP contribution in [-0.2, 0) is 11.3 Å². The average Bonchev–Trinajstić information content (AvgIpc) is 2.50. The van der Waals surface area contributed by atoms with Gasteiger partial charge in [-0.15, -0.1) is 0 Å². The first-order valence-electron chi connectivity index (χ1n) is 3.89. The van der Waals surface area contributed by atoms with Crippen LogP contribution in [0.25, 0.3) is 5.65 Å². The van der Waals surface area contributed by atoms with E-state index in [1.54, 1.807) is 24.0 Å². The second-order valence-corrected chi connectivity index (χ2v) is 3.96.